The number of imidazole rings is 1. The molecule has 0 atom stereocenters. The molecular formula is C11H16N4O2. The van der Waals surface area contributed by atoms with E-state index < -0.39 is 0 Å². The number of morpholine rings is 1. The number of ether oxygens (including phenoxy) is 1. The topological polar surface area (TPSA) is 50.6 Å². The van der Waals surface area contributed by atoms with E-state index >= 15 is 0 Å². The second-order valence-corrected chi connectivity index (χ2v) is 4.38. The molecule has 6 heteroatoms. The molecular weight excluding hydrogens is 220 g/mol. The van der Waals surface area contributed by atoms with Crippen LogP contribution in [0.25, 0.3) is 0 Å². The van der Waals surface area contributed by atoms with Gasteiger partial charge >= 0.3 is 0 Å². The molecule has 0 bridgehead atoms. The van der Waals surface area contributed by atoms with Crippen LogP contribution in [0.3, 0.4) is 0 Å². The van der Waals surface area contributed by atoms with E-state index in [1.54, 1.807) is 4.90 Å². The van der Waals surface area contributed by atoms with Crippen molar-refractivity contribution in [3.05, 3.63) is 11.9 Å². The Labute approximate surface area is 99.8 Å². The molecule has 6 nitrogen and oxygen atoms in total. The van der Waals surface area contributed by atoms with Crippen molar-refractivity contribution in [3.8, 4) is 0 Å². The van der Waals surface area contributed by atoms with Crippen molar-refractivity contribution in [3.63, 3.8) is 0 Å². The average molecular weight is 236 g/mol. The van der Waals surface area contributed by atoms with Gasteiger partial charge in [-0.05, 0) is 0 Å². The maximum atomic E-state index is 10.7. The van der Waals surface area contributed by atoms with Crippen LogP contribution in [0, 0.1) is 0 Å². The Morgan fingerprint density at radius 2 is 2.06 bits per heavy atom. The maximum Gasteiger partial charge on any atom is 0.210 e. The first kappa shape index (κ1) is 10.6. The fourth-order valence-corrected chi connectivity index (χ4v) is 2.39. The van der Waals surface area contributed by atoms with E-state index in [9.17, 15) is 4.79 Å². The van der Waals surface area contributed by atoms with Crippen LogP contribution in [0.5, 0.6) is 0 Å². The Hall–Kier alpha value is -1.56. The first-order valence-electron chi connectivity index (χ1n) is 5.95. The van der Waals surface area contributed by atoms with Crippen LogP contribution in [0.15, 0.2) is 6.20 Å². The van der Waals surface area contributed by atoms with E-state index in [4.69, 9.17) is 4.74 Å². The lowest BCUT2D eigenvalue weighted by atomic mass is 10.3. The lowest BCUT2D eigenvalue weighted by Crippen LogP contribution is -2.40. The Bertz CT molecular complexity index is 412. The SMILES string of the molecule is O=CN1CCn2c(cnc2N2CCOCC2)C1. The van der Waals surface area contributed by atoms with Gasteiger partial charge in [0.25, 0.3) is 0 Å². The van der Waals surface area contributed by atoms with E-state index in [0.29, 0.717) is 6.54 Å². The highest BCUT2D eigenvalue weighted by Gasteiger charge is 2.22. The molecule has 2 aliphatic rings. The van der Waals surface area contributed by atoms with Crippen molar-refractivity contribution >= 4 is 12.4 Å². The Balaban J connectivity index is 1.83. The zero-order valence-electron chi connectivity index (χ0n) is 9.71. The van der Waals surface area contributed by atoms with E-state index in [1.807, 2.05) is 6.20 Å². The summed E-state index contributed by atoms with van der Waals surface area (Å²) in [6, 6.07) is 0. The van der Waals surface area contributed by atoms with Crippen LogP contribution in [0.1, 0.15) is 5.69 Å². The monoisotopic (exact) mass is 236 g/mol. The molecule has 0 radical (unpaired) electrons. The van der Waals surface area contributed by atoms with E-state index in [-0.39, 0.29) is 0 Å². The van der Waals surface area contributed by atoms with Crippen molar-refractivity contribution < 1.29 is 9.53 Å². The Morgan fingerprint density at radius 3 is 2.82 bits per heavy atom. The number of anilines is 1. The molecule has 1 fully saturated rings. The Morgan fingerprint density at radius 1 is 1.24 bits per heavy atom. The number of amides is 1. The first-order valence-corrected chi connectivity index (χ1v) is 5.95. The molecule has 1 aromatic rings. The fraction of sp³-hybridized carbons (Fsp3) is 0.636. The molecule has 0 aliphatic carbocycles. The van der Waals surface area contributed by atoms with Crippen LogP contribution in [0.2, 0.25) is 0 Å². The standard InChI is InChI=1S/C11H16N4O2/c16-9-13-1-2-15-10(8-13)7-12-11(15)14-3-5-17-6-4-14/h7,9H,1-6,8H2. The highest BCUT2D eigenvalue weighted by Crippen LogP contribution is 2.20. The van der Waals surface area contributed by atoms with E-state index in [2.05, 4.69) is 14.5 Å². The lowest BCUT2D eigenvalue weighted by Gasteiger charge is -2.31. The van der Waals surface area contributed by atoms with Gasteiger partial charge in [-0.25, -0.2) is 4.98 Å². The summed E-state index contributed by atoms with van der Waals surface area (Å²) in [5.74, 6) is 1.02. The molecule has 2 aliphatic heterocycles. The van der Waals surface area contributed by atoms with Gasteiger partial charge in [0.1, 0.15) is 0 Å². The van der Waals surface area contributed by atoms with Crippen molar-refractivity contribution in [1.29, 1.82) is 0 Å². The molecule has 0 aromatic carbocycles. The number of hydrogen-bond donors (Lipinski definition) is 0. The molecule has 1 saturated heterocycles. The van der Waals surface area contributed by atoms with Crippen molar-refractivity contribution in [2.24, 2.45) is 0 Å². The summed E-state index contributed by atoms with van der Waals surface area (Å²) in [5.41, 5.74) is 1.12. The van der Waals surface area contributed by atoms with Crippen LogP contribution >= 0.6 is 0 Å². The van der Waals surface area contributed by atoms with E-state index in [0.717, 1.165) is 57.4 Å². The molecule has 17 heavy (non-hydrogen) atoms. The molecule has 0 N–H and O–H groups in total. The highest BCUT2D eigenvalue weighted by molar-refractivity contribution is 5.48. The number of carbonyl (C=O) groups excluding carboxylic acids is 1. The summed E-state index contributed by atoms with van der Waals surface area (Å²) >= 11 is 0. The largest absolute Gasteiger partial charge is 0.378 e. The molecule has 0 spiro atoms. The number of carbonyl (C=O) groups is 1. The van der Waals surface area contributed by atoms with Gasteiger partial charge in [0, 0.05) is 26.2 Å². The number of hydrogen-bond acceptors (Lipinski definition) is 4. The average Bonchev–Trinajstić information content (AvgIpc) is 2.82. The summed E-state index contributed by atoms with van der Waals surface area (Å²) in [5, 5.41) is 0. The first-order chi connectivity index (χ1) is 8.38. The normalized spacial score (nSPS) is 20.2. The number of aromatic nitrogens is 2. The second-order valence-electron chi connectivity index (χ2n) is 4.38. The molecule has 0 unspecified atom stereocenters. The quantitative estimate of drug-likeness (QED) is 0.661. The van der Waals surface area contributed by atoms with Crippen molar-refractivity contribution in [2.45, 2.75) is 13.1 Å². The van der Waals surface area contributed by atoms with Crippen LogP contribution in [-0.2, 0) is 22.6 Å². The predicted octanol–water partition coefficient (Wildman–Crippen LogP) is -0.308. The smallest absolute Gasteiger partial charge is 0.210 e. The van der Waals surface area contributed by atoms with E-state index in [1.165, 1.54) is 0 Å². The second kappa shape index (κ2) is 4.37. The van der Waals surface area contributed by atoms with Crippen LogP contribution in [-0.4, -0.2) is 53.7 Å². The van der Waals surface area contributed by atoms with Gasteiger partial charge in [-0.1, -0.05) is 0 Å². The zero-order chi connectivity index (χ0) is 11.7. The number of fused-ring (bicyclic) bond motifs is 1. The zero-order valence-corrected chi connectivity index (χ0v) is 9.71. The van der Waals surface area contributed by atoms with Crippen LogP contribution in [0.4, 0.5) is 5.95 Å². The van der Waals surface area contributed by atoms with Gasteiger partial charge in [0.2, 0.25) is 12.4 Å². The minimum atomic E-state index is 0.667. The number of nitrogens with zero attached hydrogens (tertiary/aromatic N) is 4. The molecule has 0 saturated carbocycles. The van der Waals surface area contributed by atoms with Gasteiger partial charge in [-0.2, -0.15) is 0 Å². The molecule has 3 heterocycles. The van der Waals surface area contributed by atoms with Gasteiger partial charge in [0.15, 0.2) is 0 Å². The third-order valence-corrected chi connectivity index (χ3v) is 3.34. The summed E-state index contributed by atoms with van der Waals surface area (Å²) in [6.07, 6.45) is 2.78. The summed E-state index contributed by atoms with van der Waals surface area (Å²) < 4.78 is 7.56. The third-order valence-electron chi connectivity index (χ3n) is 3.34. The minimum Gasteiger partial charge on any atom is -0.378 e. The molecule has 1 amide bonds. The Kier molecular flexibility index (Phi) is 2.72. The molecule has 92 valence electrons. The minimum absolute atomic E-state index is 0.667. The fourth-order valence-electron chi connectivity index (χ4n) is 2.39. The predicted molar refractivity (Wildman–Crippen MR) is 61.7 cm³/mol. The van der Waals surface area contributed by atoms with Gasteiger partial charge in [-0.15, -0.1) is 0 Å². The lowest BCUT2D eigenvalue weighted by molar-refractivity contribution is -0.119. The maximum absolute atomic E-state index is 10.7. The number of rotatable bonds is 2. The summed E-state index contributed by atoms with van der Waals surface area (Å²) in [6.45, 7) is 5.60. The third kappa shape index (κ3) is 1.88. The van der Waals surface area contributed by atoms with Crippen molar-refractivity contribution in [2.75, 3.05) is 37.7 Å². The van der Waals surface area contributed by atoms with Crippen molar-refractivity contribution in [1.82, 2.24) is 14.5 Å². The van der Waals surface area contributed by atoms with Gasteiger partial charge in [0.05, 0.1) is 31.6 Å². The van der Waals surface area contributed by atoms with Crippen LogP contribution < -0.4 is 4.90 Å². The summed E-state index contributed by atoms with van der Waals surface area (Å²) in [7, 11) is 0. The van der Waals surface area contributed by atoms with Gasteiger partial charge in [-0.3, -0.25) is 4.79 Å². The molecule has 1 aromatic heterocycles. The summed E-state index contributed by atoms with van der Waals surface area (Å²) in [4.78, 5) is 19.3. The highest BCUT2D eigenvalue weighted by atomic mass is 16.5. The molecule has 3 rings (SSSR count). The van der Waals surface area contributed by atoms with Gasteiger partial charge < -0.3 is 19.1 Å².